The number of aliphatic hydroxyl groups excluding tert-OH is 1. The summed E-state index contributed by atoms with van der Waals surface area (Å²) in [5.74, 6) is -1.07. The molecule has 1 atom stereocenters. The number of halogens is 1. The van der Waals surface area contributed by atoms with Gasteiger partial charge in [0, 0.05) is 22.2 Å². The Morgan fingerprint density at radius 3 is 2.51 bits per heavy atom. The molecule has 1 aliphatic heterocycles. The van der Waals surface area contributed by atoms with E-state index < -0.39 is 23.5 Å². The number of para-hydroxylation sites is 1. The molecule has 3 aromatic carbocycles. The first-order valence-corrected chi connectivity index (χ1v) is 12.1. The molecule has 0 aliphatic carbocycles. The van der Waals surface area contributed by atoms with Gasteiger partial charge in [0.05, 0.1) is 24.8 Å². The summed E-state index contributed by atoms with van der Waals surface area (Å²) in [6, 6.07) is 19.8. The van der Waals surface area contributed by atoms with Crippen molar-refractivity contribution in [3.05, 3.63) is 100 Å². The van der Waals surface area contributed by atoms with Gasteiger partial charge in [-0.3, -0.25) is 14.5 Å². The number of hydrogen-bond acceptors (Lipinski definition) is 6. The summed E-state index contributed by atoms with van der Waals surface area (Å²) in [6.45, 7) is 3.82. The SMILES string of the molecule is COc1cc(Cl)cc2cc(C(=O)C3=C(O)C(=O)N(c4ccccc4)C3c3cccc(OC(C)C)c3)oc12. The van der Waals surface area contributed by atoms with Crippen LogP contribution in [-0.4, -0.2) is 30.0 Å². The second-order valence-electron chi connectivity index (χ2n) is 8.88. The molecule has 8 heteroatoms. The fourth-order valence-electron chi connectivity index (χ4n) is 4.52. The minimum atomic E-state index is -0.920. The lowest BCUT2D eigenvalue weighted by molar-refractivity contribution is -0.117. The first kappa shape index (κ1) is 24.5. The number of carbonyl (C=O) groups excluding carboxylic acids is 2. The molecule has 1 N–H and O–H groups in total. The van der Waals surface area contributed by atoms with E-state index in [-0.39, 0.29) is 17.4 Å². The summed E-state index contributed by atoms with van der Waals surface area (Å²) in [7, 11) is 1.47. The molecule has 7 nitrogen and oxygen atoms in total. The van der Waals surface area contributed by atoms with E-state index in [1.807, 2.05) is 19.9 Å². The van der Waals surface area contributed by atoms with Crippen LogP contribution in [0, 0.1) is 0 Å². The number of aliphatic hydroxyl groups is 1. The smallest absolute Gasteiger partial charge is 0.294 e. The van der Waals surface area contributed by atoms with Gasteiger partial charge in [-0.25, -0.2) is 0 Å². The minimum absolute atomic E-state index is 0.0561. The maximum absolute atomic E-state index is 13.9. The van der Waals surface area contributed by atoms with Crippen molar-refractivity contribution >= 4 is 39.9 Å². The Balaban J connectivity index is 1.66. The van der Waals surface area contributed by atoms with Gasteiger partial charge in [0.1, 0.15) is 5.75 Å². The molecule has 0 spiro atoms. The van der Waals surface area contributed by atoms with Crippen LogP contribution in [0.3, 0.4) is 0 Å². The van der Waals surface area contributed by atoms with Crippen LogP contribution >= 0.6 is 11.6 Å². The van der Waals surface area contributed by atoms with Crippen molar-refractivity contribution in [1.82, 2.24) is 0 Å². The molecule has 2 heterocycles. The third-order valence-electron chi connectivity index (χ3n) is 6.02. The quantitative estimate of drug-likeness (QED) is 0.275. The molecule has 5 rings (SSSR count). The van der Waals surface area contributed by atoms with Gasteiger partial charge in [0.15, 0.2) is 22.9 Å². The highest BCUT2D eigenvalue weighted by Gasteiger charge is 2.45. The van der Waals surface area contributed by atoms with Crippen molar-refractivity contribution in [2.45, 2.75) is 26.0 Å². The van der Waals surface area contributed by atoms with Crippen LogP contribution in [0.25, 0.3) is 11.0 Å². The molecular weight excluding hydrogens is 494 g/mol. The first-order valence-electron chi connectivity index (χ1n) is 11.7. The Morgan fingerprint density at radius 1 is 1.05 bits per heavy atom. The van der Waals surface area contributed by atoms with Crippen molar-refractivity contribution in [2.75, 3.05) is 12.0 Å². The highest BCUT2D eigenvalue weighted by molar-refractivity contribution is 6.31. The number of rotatable bonds is 7. The number of methoxy groups -OCH3 is 1. The van der Waals surface area contributed by atoms with Gasteiger partial charge in [-0.15, -0.1) is 0 Å². The number of furan rings is 1. The third kappa shape index (κ3) is 4.42. The maximum Gasteiger partial charge on any atom is 0.294 e. The Bertz CT molecular complexity index is 1540. The van der Waals surface area contributed by atoms with Crippen molar-refractivity contribution < 1.29 is 28.6 Å². The van der Waals surface area contributed by atoms with Gasteiger partial charge in [0.2, 0.25) is 5.78 Å². The highest BCUT2D eigenvalue weighted by Crippen LogP contribution is 2.43. The summed E-state index contributed by atoms with van der Waals surface area (Å²) in [6.07, 6.45) is -0.0758. The molecule has 0 saturated carbocycles. The van der Waals surface area contributed by atoms with Crippen LogP contribution in [0.2, 0.25) is 5.02 Å². The average Bonchev–Trinajstić information content (AvgIpc) is 3.42. The van der Waals surface area contributed by atoms with E-state index in [1.54, 1.807) is 60.7 Å². The molecule has 1 amide bonds. The third-order valence-corrected chi connectivity index (χ3v) is 6.24. The number of anilines is 1. The van der Waals surface area contributed by atoms with Gasteiger partial charge in [-0.05, 0) is 55.8 Å². The second-order valence-corrected chi connectivity index (χ2v) is 9.32. The number of ether oxygens (including phenoxy) is 2. The number of fused-ring (bicyclic) bond motifs is 1. The van der Waals surface area contributed by atoms with E-state index >= 15 is 0 Å². The predicted molar refractivity (Wildman–Crippen MR) is 141 cm³/mol. The zero-order valence-corrected chi connectivity index (χ0v) is 21.2. The predicted octanol–water partition coefficient (Wildman–Crippen LogP) is 6.66. The Morgan fingerprint density at radius 2 is 1.81 bits per heavy atom. The summed E-state index contributed by atoms with van der Waals surface area (Å²) in [4.78, 5) is 28.7. The largest absolute Gasteiger partial charge is 0.503 e. The maximum atomic E-state index is 13.9. The zero-order chi connectivity index (χ0) is 26.3. The van der Waals surface area contributed by atoms with Crippen LogP contribution in [0.15, 0.2) is 88.5 Å². The summed E-state index contributed by atoms with van der Waals surface area (Å²) in [5, 5.41) is 12.0. The van der Waals surface area contributed by atoms with Crippen LogP contribution in [-0.2, 0) is 4.79 Å². The van der Waals surface area contributed by atoms with E-state index in [1.165, 1.54) is 18.1 Å². The van der Waals surface area contributed by atoms with Gasteiger partial charge >= 0.3 is 0 Å². The lowest BCUT2D eigenvalue weighted by atomic mass is 9.94. The zero-order valence-electron chi connectivity index (χ0n) is 20.4. The summed E-state index contributed by atoms with van der Waals surface area (Å²) < 4.78 is 17.1. The van der Waals surface area contributed by atoms with Crippen LogP contribution in [0.1, 0.15) is 36.0 Å². The second kappa shape index (κ2) is 9.67. The molecule has 1 aromatic heterocycles. The van der Waals surface area contributed by atoms with E-state index in [0.717, 1.165) is 0 Å². The van der Waals surface area contributed by atoms with Crippen molar-refractivity contribution in [3.63, 3.8) is 0 Å². The fraction of sp³-hybridized carbons (Fsp3) is 0.172. The Kier molecular flexibility index (Phi) is 6.39. The molecule has 37 heavy (non-hydrogen) atoms. The monoisotopic (exact) mass is 517 g/mol. The van der Waals surface area contributed by atoms with Gasteiger partial charge in [0.25, 0.3) is 5.91 Å². The van der Waals surface area contributed by atoms with E-state index in [4.69, 9.17) is 25.5 Å². The van der Waals surface area contributed by atoms with E-state index in [2.05, 4.69) is 0 Å². The fourth-order valence-corrected chi connectivity index (χ4v) is 4.74. The number of hydrogen-bond donors (Lipinski definition) is 1. The Hall–Kier alpha value is -4.23. The van der Waals surface area contributed by atoms with E-state index in [9.17, 15) is 14.7 Å². The number of benzene rings is 3. The van der Waals surface area contributed by atoms with Gasteiger partial charge < -0.3 is 19.0 Å². The average molecular weight is 518 g/mol. The highest BCUT2D eigenvalue weighted by atomic mass is 35.5. The van der Waals surface area contributed by atoms with Crippen molar-refractivity contribution in [2.24, 2.45) is 0 Å². The molecule has 1 unspecified atom stereocenters. The normalized spacial score (nSPS) is 15.6. The van der Waals surface area contributed by atoms with E-state index in [0.29, 0.717) is 38.7 Å². The molecule has 0 bridgehead atoms. The molecule has 1 aliphatic rings. The molecule has 0 fully saturated rings. The van der Waals surface area contributed by atoms with Crippen LogP contribution in [0.5, 0.6) is 11.5 Å². The number of Topliss-reactive ketones (excluding diaryl/α,β-unsaturated/α-hetero) is 1. The van der Waals surface area contributed by atoms with Crippen LogP contribution in [0.4, 0.5) is 5.69 Å². The number of carbonyl (C=O) groups is 2. The lowest BCUT2D eigenvalue weighted by Gasteiger charge is -2.27. The van der Waals surface area contributed by atoms with Crippen molar-refractivity contribution in [1.29, 1.82) is 0 Å². The topological polar surface area (TPSA) is 89.2 Å². The Labute approximate surface area is 218 Å². The number of nitrogens with zero attached hydrogens (tertiary/aromatic N) is 1. The number of ketones is 1. The molecule has 0 saturated heterocycles. The standard InChI is InChI=1S/C29H24ClNO6/c1-16(2)36-21-11-7-8-17(13-21)25-24(27(33)29(34)31(25)20-9-5-4-6-10-20)26(32)22-14-18-12-19(30)15-23(35-3)28(18)37-22/h4-16,25,33H,1-3H3. The molecule has 4 aromatic rings. The van der Waals surface area contributed by atoms with Gasteiger partial charge in [-0.1, -0.05) is 41.9 Å². The molecular formula is C29H24ClNO6. The minimum Gasteiger partial charge on any atom is -0.503 e. The lowest BCUT2D eigenvalue weighted by Crippen LogP contribution is -2.31. The molecule has 188 valence electrons. The summed E-state index contributed by atoms with van der Waals surface area (Å²) in [5.41, 5.74) is 1.36. The number of amides is 1. The van der Waals surface area contributed by atoms with Crippen molar-refractivity contribution in [3.8, 4) is 11.5 Å². The van der Waals surface area contributed by atoms with Gasteiger partial charge in [-0.2, -0.15) is 0 Å². The molecule has 0 radical (unpaired) electrons. The first-order chi connectivity index (χ1) is 17.8. The van der Waals surface area contributed by atoms with Crippen LogP contribution < -0.4 is 14.4 Å². The summed E-state index contributed by atoms with van der Waals surface area (Å²) >= 11 is 6.18.